The lowest BCUT2D eigenvalue weighted by Crippen LogP contribution is -2.29. The van der Waals surface area contributed by atoms with Crippen LogP contribution in [0.1, 0.15) is 64.3 Å². The van der Waals surface area contributed by atoms with Crippen molar-refractivity contribution >= 4 is 0 Å². The molecule has 3 heteroatoms. The first kappa shape index (κ1) is 12.6. The van der Waals surface area contributed by atoms with Crippen LogP contribution in [0, 0.1) is 0 Å². The number of fused-ring (bicyclic) bond motifs is 1. The van der Waals surface area contributed by atoms with E-state index in [9.17, 15) is 0 Å². The Morgan fingerprint density at radius 1 is 1.47 bits per heavy atom. The Hall–Kier alpha value is -0.830. The Kier molecular flexibility index (Phi) is 3.57. The lowest BCUT2D eigenvalue weighted by Gasteiger charge is -2.28. The Balaban J connectivity index is 2.25. The van der Waals surface area contributed by atoms with Crippen molar-refractivity contribution in [3.05, 3.63) is 17.5 Å². The molecule has 0 spiro atoms. The van der Waals surface area contributed by atoms with Gasteiger partial charge in [0.15, 0.2) is 0 Å². The van der Waals surface area contributed by atoms with Crippen LogP contribution in [0.3, 0.4) is 0 Å². The quantitative estimate of drug-likeness (QED) is 0.872. The van der Waals surface area contributed by atoms with Crippen LogP contribution in [0.4, 0.5) is 0 Å². The van der Waals surface area contributed by atoms with Gasteiger partial charge in [-0.05, 0) is 53.0 Å². The highest BCUT2D eigenvalue weighted by molar-refractivity contribution is 5.25. The van der Waals surface area contributed by atoms with Crippen LogP contribution in [0.25, 0.3) is 0 Å². The maximum Gasteiger partial charge on any atom is 0.0546 e. The molecule has 0 saturated heterocycles. The van der Waals surface area contributed by atoms with Crippen LogP contribution in [0.5, 0.6) is 0 Å². The van der Waals surface area contributed by atoms with Gasteiger partial charge in [-0.2, -0.15) is 5.10 Å². The van der Waals surface area contributed by atoms with Crippen molar-refractivity contribution in [3.63, 3.8) is 0 Å². The fourth-order valence-electron chi connectivity index (χ4n) is 2.67. The predicted molar refractivity (Wildman–Crippen MR) is 71.2 cm³/mol. The van der Waals surface area contributed by atoms with E-state index in [0.717, 1.165) is 6.54 Å². The summed E-state index contributed by atoms with van der Waals surface area (Å²) in [5.74, 6) is 0. The van der Waals surface area contributed by atoms with Gasteiger partial charge in [-0.25, -0.2) is 0 Å². The Bertz CT molecular complexity index is 373. The molecule has 0 amide bonds. The van der Waals surface area contributed by atoms with Crippen molar-refractivity contribution in [1.82, 2.24) is 15.1 Å². The summed E-state index contributed by atoms with van der Waals surface area (Å²) in [6.45, 7) is 10.00. The fraction of sp³-hybridized carbons (Fsp3) is 0.786. The van der Waals surface area contributed by atoms with Gasteiger partial charge in [0.2, 0.25) is 0 Å². The lowest BCUT2D eigenvalue weighted by molar-refractivity contribution is 0.334. The molecule has 1 atom stereocenters. The van der Waals surface area contributed by atoms with E-state index in [1.165, 1.54) is 36.9 Å². The van der Waals surface area contributed by atoms with Gasteiger partial charge in [0.1, 0.15) is 0 Å². The van der Waals surface area contributed by atoms with Gasteiger partial charge in [-0.1, -0.05) is 6.92 Å². The predicted octanol–water partition coefficient (Wildman–Crippen LogP) is 3.02. The van der Waals surface area contributed by atoms with Crippen molar-refractivity contribution in [2.45, 2.75) is 65.0 Å². The number of hydrogen-bond donors (Lipinski definition) is 1. The van der Waals surface area contributed by atoms with Crippen molar-refractivity contribution in [3.8, 4) is 0 Å². The van der Waals surface area contributed by atoms with Crippen LogP contribution in [-0.4, -0.2) is 16.3 Å². The average molecular weight is 235 g/mol. The molecular weight excluding hydrogens is 210 g/mol. The third-order valence-corrected chi connectivity index (χ3v) is 3.46. The van der Waals surface area contributed by atoms with E-state index in [0.29, 0.717) is 6.04 Å². The van der Waals surface area contributed by atoms with Crippen LogP contribution in [0.2, 0.25) is 0 Å². The normalized spacial score (nSPS) is 20.4. The standard InChI is InChI=1S/C14H25N3/c1-5-9-15-12-7-6-8-13-11(12)10-16-17(13)14(2,3)4/h10,12,15H,5-9H2,1-4H3. The Morgan fingerprint density at radius 2 is 2.24 bits per heavy atom. The van der Waals surface area contributed by atoms with Gasteiger partial charge >= 0.3 is 0 Å². The van der Waals surface area contributed by atoms with E-state index in [-0.39, 0.29) is 5.54 Å². The van der Waals surface area contributed by atoms with E-state index < -0.39 is 0 Å². The molecule has 1 unspecified atom stereocenters. The maximum atomic E-state index is 4.60. The second kappa shape index (κ2) is 4.81. The van der Waals surface area contributed by atoms with E-state index in [1.54, 1.807) is 0 Å². The highest BCUT2D eigenvalue weighted by Crippen LogP contribution is 2.32. The summed E-state index contributed by atoms with van der Waals surface area (Å²) in [4.78, 5) is 0. The van der Waals surface area contributed by atoms with Crippen LogP contribution in [0.15, 0.2) is 6.20 Å². The van der Waals surface area contributed by atoms with E-state index in [2.05, 4.69) is 49.0 Å². The first-order chi connectivity index (χ1) is 8.04. The second-order valence-electron chi connectivity index (χ2n) is 6.03. The van der Waals surface area contributed by atoms with E-state index in [4.69, 9.17) is 0 Å². The molecule has 0 fully saturated rings. The van der Waals surface area contributed by atoms with E-state index in [1.807, 2.05) is 0 Å². The fourth-order valence-corrected chi connectivity index (χ4v) is 2.67. The third kappa shape index (κ3) is 2.54. The molecule has 3 nitrogen and oxygen atoms in total. The number of hydrogen-bond acceptors (Lipinski definition) is 2. The van der Waals surface area contributed by atoms with Gasteiger partial charge in [0.05, 0.1) is 11.7 Å². The molecule has 0 aromatic carbocycles. The molecule has 17 heavy (non-hydrogen) atoms. The highest BCUT2D eigenvalue weighted by Gasteiger charge is 2.27. The Labute approximate surface area is 105 Å². The summed E-state index contributed by atoms with van der Waals surface area (Å²) >= 11 is 0. The number of nitrogens with one attached hydrogen (secondary N) is 1. The lowest BCUT2D eigenvalue weighted by atomic mass is 9.92. The summed E-state index contributed by atoms with van der Waals surface area (Å²) in [5, 5.41) is 8.24. The molecule has 96 valence electrons. The highest BCUT2D eigenvalue weighted by atomic mass is 15.3. The number of aromatic nitrogens is 2. The van der Waals surface area contributed by atoms with Crippen LogP contribution < -0.4 is 5.32 Å². The van der Waals surface area contributed by atoms with Gasteiger partial charge in [0, 0.05) is 17.3 Å². The molecule has 0 saturated carbocycles. The van der Waals surface area contributed by atoms with Gasteiger partial charge in [-0.15, -0.1) is 0 Å². The molecule has 0 bridgehead atoms. The van der Waals surface area contributed by atoms with Crippen molar-refractivity contribution < 1.29 is 0 Å². The number of nitrogens with zero attached hydrogens (tertiary/aromatic N) is 2. The zero-order valence-electron chi connectivity index (χ0n) is 11.6. The Morgan fingerprint density at radius 3 is 2.88 bits per heavy atom. The minimum Gasteiger partial charge on any atom is -0.310 e. The molecule has 1 heterocycles. The molecule has 1 aliphatic rings. The molecule has 0 radical (unpaired) electrons. The first-order valence-corrected chi connectivity index (χ1v) is 6.84. The second-order valence-corrected chi connectivity index (χ2v) is 6.03. The summed E-state index contributed by atoms with van der Waals surface area (Å²) in [6.07, 6.45) is 6.97. The molecule has 1 aromatic heterocycles. The zero-order chi connectivity index (χ0) is 12.5. The smallest absolute Gasteiger partial charge is 0.0546 e. The minimum absolute atomic E-state index is 0.0975. The molecule has 1 aromatic rings. The van der Waals surface area contributed by atoms with Crippen LogP contribution >= 0.6 is 0 Å². The zero-order valence-corrected chi connectivity index (χ0v) is 11.6. The largest absolute Gasteiger partial charge is 0.310 e. The molecule has 2 rings (SSSR count). The average Bonchev–Trinajstić information content (AvgIpc) is 2.69. The van der Waals surface area contributed by atoms with E-state index >= 15 is 0 Å². The van der Waals surface area contributed by atoms with Crippen LogP contribution in [-0.2, 0) is 12.0 Å². The summed E-state index contributed by atoms with van der Waals surface area (Å²) in [7, 11) is 0. The van der Waals surface area contributed by atoms with Crippen molar-refractivity contribution in [2.24, 2.45) is 0 Å². The third-order valence-electron chi connectivity index (χ3n) is 3.46. The minimum atomic E-state index is 0.0975. The molecule has 1 N–H and O–H groups in total. The van der Waals surface area contributed by atoms with Crippen molar-refractivity contribution in [1.29, 1.82) is 0 Å². The summed E-state index contributed by atoms with van der Waals surface area (Å²) in [6, 6.07) is 0.523. The van der Waals surface area contributed by atoms with Gasteiger partial charge in [-0.3, -0.25) is 4.68 Å². The summed E-state index contributed by atoms with van der Waals surface area (Å²) in [5.41, 5.74) is 2.97. The molecular formula is C14H25N3. The first-order valence-electron chi connectivity index (χ1n) is 6.84. The van der Waals surface area contributed by atoms with Gasteiger partial charge < -0.3 is 5.32 Å². The maximum absolute atomic E-state index is 4.60. The monoisotopic (exact) mass is 235 g/mol. The van der Waals surface area contributed by atoms with Crippen molar-refractivity contribution in [2.75, 3.05) is 6.54 Å². The number of rotatable bonds is 3. The molecule has 1 aliphatic carbocycles. The van der Waals surface area contributed by atoms with Gasteiger partial charge in [0.25, 0.3) is 0 Å². The SMILES string of the molecule is CCCNC1CCCc2c1cnn2C(C)(C)C. The molecule has 0 aliphatic heterocycles. The topological polar surface area (TPSA) is 29.9 Å². The summed E-state index contributed by atoms with van der Waals surface area (Å²) < 4.78 is 2.21.